The molecule has 0 radical (unpaired) electrons. The number of amides is 1. The Hall–Kier alpha value is -4.46. The number of benzene rings is 4. The van der Waals surface area contributed by atoms with Crippen molar-refractivity contribution in [1.82, 2.24) is 10.9 Å². The molecule has 0 aromatic heterocycles. The second kappa shape index (κ2) is 12.7. The van der Waals surface area contributed by atoms with E-state index in [4.69, 9.17) is 9.05 Å². The minimum absolute atomic E-state index is 0.132. The molecule has 0 saturated heterocycles. The number of non-ortho nitro benzene ring substituents is 1. The predicted molar refractivity (Wildman–Crippen MR) is 144 cm³/mol. The summed E-state index contributed by atoms with van der Waals surface area (Å²) in [7, 11) is -3.99. The summed E-state index contributed by atoms with van der Waals surface area (Å²) in [6, 6.07) is 32.1. The second-order valence-electron chi connectivity index (χ2n) is 8.29. The molecule has 0 heterocycles. The van der Waals surface area contributed by atoms with E-state index in [-0.39, 0.29) is 11.3 Å². The third-order valence-corrected chi connectivity index (χ3v) is 7.66. The van der Waals surface area contributed by atoms with Crippen molar-refractivity contribution in [2.45, 2.75) is 18.6 Å². The van der Waals surface area contributed by atoms with Crippen molar-refractivity contribution in [2.75, 3.05) is 0 Å². The van der Waals surface area contributed by atoms with Gasteiger partial charge in [0.2, 0.25) is 0 Å². The standard InChI is InChI=1S/C28H26N3O6P/c32-28(23-17-19-24(20-18-23)31(33)34)30-29-27(21-16-22-10-4-1-5-11-22)38(35,36-25-12-6-2-7-13-25)37-26-14-8-3-9-15-26/h1-15,17-20,27,29H,16,21H2,(H,30,32). The number of rotatable bonds is 12. The maximum atomic E-state index is 14.4. The Morgan fingerprint density at radius 2 is 1.29 bits per heavy atom. The van der Waals surface area contributed by atoms with Crippen LogP contribution in [0.3, 0.4) is 0 Å². The maximum Gasteiger partial charge on any atom is 0.449 e. The zero-order valence-electron chi connectivity index (χ0n) is 20.3. The van der Waals surface area contributed by atoms with E-state index in [2.05, 4.69) is 10.9 Å². The summed E-state index contributed by atoms with van der Waals surface area (Å²) in [5, 5.41) is 10.9. The number of hydrazine groups is 1. The van der Waals surface area contributed by atoms with Gasteiger partial charge in [0, 0.05) is 17.7 Å². The van der Waals surface area contributed by atoms with E-state index in [0.29, 0.717) is 24.3 Å². The first-order valence-corrected chi connectivity index (χ1v) is 13.5. The molecule has 4 aromatic rings. The highest BCUT2D eigenvalue weighted by Gasteiger charge is 2.39. The summed E-state index contributed by atoms with van der Waals surface area (Å²) < 4.78 is 26.4. The summed E-state index contributed by atoms with van der Waals surface area (Å²) in [5.74, 6) is -0.819. The van der Waals surface area contributed by atoms with Crippen LogP contribution < -0.4 is 19.9 Å². The number of nitrogens with one attached hydrogen (secondary N) is 2. The van der Waals surface area contributed by atoms with Crippen LogP contribution in [0.15, 0.2) is 115 Å². The van der Waals surface area contributed by atoms with Crippen molar-refractivity contribution in [3.63, 3.8) is 0 Å². The Labute approximate surface area is 220 Å². The number of hydrogen-bond donors (Lipinski definition) is 2. The zero-order chi connectivity index (χ0) is 26.8. The van der Waals surface area contributed by atoms with Crippen LogP contribution in [0.2, 0.25) is 0 Å². The van der Waals surface area contributed by atoms with Crippen molar-refractivity contribution in [3.05, 3.63) is 137 Å². The average Bonchev–Trinajstić information content (AvgIpc) is 2.94. The second-order valence-corrected chi connectivity index (χ2v) is 10.4. The van der Waals surface area contributed by atoms with Crippen LogP contribution in [-0.2, 0) is 11.0 Å². The minimum Gasteiger partial charge on any atom is -0.415 e. The highest BCUT2D eigenvalue weighted by atomic mass is 31.2. The molecule has 38 heavy (non-hydrogen) atoms. The van der Waals surface area contributed by atoms with Gasteiger partial charge in [-0.15, -0.1) is 0 Å². The van der Waals surface area contributed by atoms with Crippen LogP contribution in [0.5, 0.6) is 11.5 Å². The summed E-state index contributed by atoms with van der Waals surface area (Å²) >= 11 is 0. The van der Waals surface area contributed by atoms with Crippen molar-refractivity contribution in [1.29, 1.82) is 0 Å². The van der Waals surface area contributed by atoms with Gasteiger partial charge in [0.05, 0.1) is 4.92 Å². The Balaban J connectivity index is 1.60. The molecule has 0 aliphatic rings. The van der Waals surface area contributed by atoms with Crippen LogP contribution in [-0.4, -0.2) is 16.6 Å². The summed E-state index contributed by atoms with van der Waals surface area (Å²) in [5.41, 5.74) is 6.49. The fraction of sp³-hybridized carbons (Fsp3) is 0.107. The van der Waals surface area contributed by atoms with Gasteiger partial charge in [-0.3, -0.25) is 20.3 Å². The van der Waals surface area contributed by atoms with Crippen LogP contribution in [0.1, 0.15) is 22.3 Å². The molecule has 10 heteroatoms. The predicted octanol–water partition coefficient (Wildman–Crippen LogP) is 6.14. The van der Waals surface area contributed by atoms with E-state index in [1.54, 1.807) is 48.5 Å². The number of para-hydroxylation sites is 2. The topological polar surface area (TPSA) is 120 Å². The van der Waals surface area contributed by atoms with Gasteiger partial charge in [-0.25, -0.2) is 9.99 Å². The van der Waals surface area contributed by atoms with Gasteiger partial charge in [-0.1, -0.05) is 66.7 Å². The van der Waals surface area contributed by atoms with Gasteiger partial charge in [0.25, 0.3) is 11.6 Å². The first-order valence-electron chi connectivity index (χ1n) is 11.9. The quantitative estimate of drug-likeness (QED) is 0.128. The third kappa shape index (κ3) is 7.29. The fourth-order valence-electron chi connectivity index (χ4n) is 3.62. The molecule has 1 unspecified atom stereocenters. The molecule has 0 saturated carbocycles. The molecule has 0 spiro atoms. The lowest BCUT2D eigenvalue weighted by Crippen LogP contribution is -2.45. The van der Waals surface area contributed by atoms with E-state index in [1.165, 1.54) is 24.3 Å². The third-order valence-electron chi connectivity index (χ3n) is 5.58. The van der Waals surface area contributed by atoms with Gasteiger partial charge in [-0.05, 0) is 54.8 Å². The number of nitrogens with zero attached hydrogens (tertiary/aromatic N) is 1. The van der Waals surface area contributed by atoms with Crippen LogP contribution in [0.4, 0.5) is 5.69 Å². The van der Waals surface area contributed by atoms with E-state index < -0.39 is 24.2 Å². The minimum atomic E-state index is -3.99. The Bertz CT molecular complexity index is 1340. The molecule has 0 aliphatic carbocycles. The molecule has 194 valence electrons. The lowest BCUT2D eigenvalue weighted by Gasteiger charge is -2.28. The van der Waals surface area contributed by atoms with Crippen LogP contribution in [0, 0.1) is 10.1 Å². The SMILES string of the molecule is O=C(NNC(CCc1ccccc1)P(=O)(Oc1ccccc1)Oc1ccccc1)c1ccc([N+](=O)[O-])cc1. The lowest BCUT2D eigenvalue weighted by molar-refractivity contribution is -0.384. The number of hydrogen-bond acceptors (Lipinski definition) is 7. The zero-order valence-corrected chi connectivity index (χ0v) is 21.2. The van der Waals surface area contributed by atoms with Gasteiger partial charge < -0.3 is 9.05 Å². The molecule has 4 rings (SSSR count). The molecule has 4 aromatic carbocycles. The molecular weight excluding hydrogens is 505 g/mol. The highest BCUT2D eigenvalue weighted by Crippen LogP contribution is 2.53. The number of nitro groups is 1. The van der Waals surface area contributed by atoms with Crippen molar-refractivity contribution in [2.24, 2.45) is 0 Å². The van der Waals surface area contributed by atoms with E-state index in [0.717, 1.165) is 5.56 Å². The summed E-state index contributed by atoms with van der Waals surface area (Å²) in [6.45, 7) is 0. The summed E-state index contributed by atoms with van der Waals surface area (Å²) in [4.78, 5) is 23.2. The largest absolute Gasteiger partial charge is 0.449 e. The number of carbonyl (C=O) groups is 1. The molecule has 2 N–H and O–H groups in total. The maximum absolute atomic E-state index is 14.4. The Morgan fingerprint density at radius 1 is 0.789 bits per heavy atom. The molecular formula is C28H26N3O6P. The molecule has 0 bridgehead atoms. The first kappa shape index (κ1) is 26.6. The van der Waals surface area contributed by atoms with Crippen molar-refractivity contribution >= 4 is 19.2 Å². The van der Waals surface area contributed by atoms with Crippen molar-refractivity contribution < 1.29 is 23.3 Å². The smallest absolute Gasteiger partial charge is 0.415 e. The highest BCUT2D eigenvalue weighted by molar-refractivity contribution is 7.55. The molecule has 1 amide bonds. The van der Waals surface area contributed by atoms with E-state index in [1.807, 2.05) is 42.5 Å². The first-order chi connectivity index (χ1) is 18.4. The van der Waals surface area contributed by atoms with E-state index >= 15 is 0 Å². The molecule has 1 atom stereocenters. The van der Waals surface area contributed by atoms with Gasteiger partial charge >= 0.3 is 7.60 Å². The Morgan fingerprint density at radius 3 is 1.79 bits per heavy atom. The van der Waals surface area contributed by atoms with Crippen molar-refractivity contribution in [3.8, 4) is 11.5 Å². The van der Waals surface area contributed by atoms with Crippen LogP contribution in [0.25, 0.3) is 0 Å². The summed E-state index contributed by atoms with van der Waals surface area (Å²) in [6.07, 6.45) is 0.813. The monoisotopic (exact) mass is 531 g/mol. The van der Waals surface area contributed by atoms with Gasteiger partial charge in [0.15, 0.2) is 5.78 Å². The molecule has 9 nitrogen and oxygen atoms in total. The molecule has 0 aliphatic heterocycles. The number of aryl methyl sites for hydroxylation is 1. The normalized spacial score (nSPS) is 11.8. The lowest BCUT2D eigenvalue weighted by atomic mass is 10.1. The Kier molecular flexibility index (Phi) is 8.87. The number of nitro benzene ring substituents is 1. The van der Waals surface area contributed by atoms with Crippen LogP contribution >= 0.6 is 7.60 Å². The van der Waals surface area contributed by atoms with Gasteiger partial charge in [-0.2, -0.15) is 0 Å². The van der Waals surface area contributed by atoms with Gasteiger partial charge in [0.1, 0.15) is 11.5 Å². The average molecular weight is 532 g/mol. The fourth-order valence-corrected chi connectivity index (χ4v) is 5.41. The molecule has 0 fully saturated rings. The van der Waals surface area contributed by atoms with E-state index in [9.17, 15) is 19.5 Å². The number of carbonyl (C=O) groups excluding carboxylic acids is 1.